The first-order chi connectivity index (χ1) is 7.04. The maximum absolute atomic E-state index is 5.97. The molecule has 0 aliphatic heterocycles. The Hall–Kier alpha value is -1.00. The highest BCUT2D eigenvalue weighted by molar-refractivity contribution is 7.80. The van der Waals surface area contributed by atoms with Crippen molar-refractivity contribution in [1.82, 2.24) is 0 Å². The third-order valence-corrected chi connectivity index (χ3v) is 2.49. The molecule has 0 fully saturated rings. The molecule has 0 saturated heterocycles. The van der Waals surface area contributed by atoms with Crippen molar-refractivity contribution in [1.29, 1.82) is 0 Å². The topological polar surface area (TPSA) is 47.3 Å². The zero-order valence-electron chi connectivity index (χ0n) is 8.63. The molecule has 1 aromatic carbocycles. The van der Waals surface area contributed by atoms with Crippen LogP contribution < -0.4 is 15.8 Å². The molecule has 1 rings (SSSR count). The van der Waals surface area contributed by atoms with Gasteiger partial charge in [-0.2, -0.15) is 0 Å². The summed E-state index contributed by atoms with van der Waals surface area (Å²) in [7, 11) is 1.59. The lowest BCUT2D eigenvalue weighted by Crippen LogP contribution is -2.20. The van der Waals surface area contributed by atoms with E-state index in [-0.39, 0.29) is 0 Å². The standard InChI is InChI=1S/C10H13ClN2OS/c1-6-3-8(13-5-10(12)15)9(14-2)4-7(6)11/h3-4,13H,5H2,1-2H3,(H2,12,15). The van der Waals surface area contributed by atoms with Gasteiger partial charge in [-0.3, -0.25) is 0 Å². The van der Waals surface area contributed by atoms with Gasteiger partial charge in [0.05, 0.1) is 24.3 Å². The van der Waals surface area contributed by atoms with Crippen LogP contribution in [-0.2, 0) is 0 Å². The van der Waals surface area contributed by atoms with Crippen LogP contribution in [0.3, 0.4) is 0 Å². The number of benzene rings is 1. The second-order valence-electron chi connectivity index (χ2n) is 3.12. The highest BCUT2D eigenvalue weighted by Gasteiger charge is 2.06. The Balaban J connectivity index is 2.94. The molecule has 15 heavy (non-hydrogen) atoms. The van der Waals surface area contributed by atoms with E-state index in [1.54, 1.807) is 13.2 Å². The van der Waals surface area contributed by atoms with Gasteiger partial charge in [-0.05, 0) is 18.6 Å². The summed E-state index contributed by atoms with van der Waals surface area (Å²) < 4.78 is 5.18. The van der Waals surface area contributed by atoms with Crippen LogP contribution in [0, 0.1) is 6.92 Å². The SMILES string of the molecule is COc1cc(Cl)c(C)cc1NCC(N)=S. The molecule has 0 aliphatic rings. The molecule has 0 aliphatic carbocycles. The van der Waals surface area contributed by atoms with Gasteiger partial charge >= 0.3 is 0 Å². The van der Waals surface area contributed by atoms with Crippen LogP contribution in [0.5, 0.6) is 5.75 Å². The van der Waals surface area contributed by atoms with Gasteiger partial charge < -0.3 is 15.8 Å². The molecule has 0 amide bonds. The lowest BCUT2D eigenvalue weighted by molar-refractivity contribution is 0.416. The fourth-order valence-electron chi connectivity index (χ4n) is 1.15. The molecule has 0 aromatic heterocycles. The Morgan fingerprint density at radius 1 is 1.60 bits per heavy atom. The average molecular weight is 245 g/mol. The molecule has 0 bridgehead atoms. The van der Waals surface area contributed by atoms with Gasteiger partial charge in [0.25, 0.3) is 0 Å². The number of ether oxygens (including phenoxy) is 1. The maximum Gasteiger partial charge on any atom is 0.143 e. The minimum Gasteiger partial charge on any atom is -0.495 e. The fraction of sp³-hybridized carbons (Fsp3) is 0.300. The van der Waals surface area contributed by atoms with E-state index in [0.29, 0.717) is 22.3 Å². The molecule has 0 atom stereocenters. The molecule has 3 N–H and O–H groups in total. The van der Waals surface area contributed by atoms with Crippen molar-refractivity contribution in [3.8, 4) is 5.75 Å². The summed E-state index contributed by atoms with van der Waals surface area (Å²) in [5.74, 6) is 0.682. The predicted octanol–water partition coefficient (Wildman–Crippen LogP) is 2.36. The zero-order valence-corrected chi connectivity index (χ0v) is 10.2. The number of anilines is 1. The predicted molar refractivity (Wildman–Crippen MR) is 68.0 cm³/mol. The first kappa shape index (κ1) is 12.1. The van der Waals surface area contributed by atoms with Crippen LogP contribution >= 0.6 is 23.8 Å². The summed E-state index contributed by atoms with van der Waals surface area (Å²) >= 11 is 10.8. The largest absolute Gasteiger partial charge is 0.495 e. The second kappa shape index (κ2) is 5.19. The number of rotatable bonds is 4. The molecular formula is C10H13ClN2OS. The highest BCUT2D eigenvalue weighted by Crippen LogP contribution is 2.30. The number of nitrogens with one attached hydrogen (secondary N) is 1. The maximum atomic E-state index is 5.97. The van der Waals surface area contributed by atoms with Gasteiger partial charge in [0.1, 0.15) is 5.75 Å². The number of methoxy groups -OCH3 is 1. The second-order valence-corrected chi connectivity index (χ2v) is 4.05. The fourth-order valence-corrected chi connectivity index (χ4v) is 1.38. The van der Waals surface area contributed by atoms with E-state index >= 15 is 0 Å². The van der Waals surface area contributed by atoms with Crippen molar-refractivity contribution in [2.45, 2.75) is 6.92 Å². The van der Waals surface area contributed by atoms with Crippen LogP contribution in [0.4, 0.5) is 5.69 Å². The summed E-state index contributed by atoms with van der Waals surface area (Å²) in [5, 5.41) is 3.76. The van der Waals surface area contributed by atoms with E-state index in [9.17, 15) is 0 Å². The third kappa shape index (κ3) is 3.25. The van der Waals surface area contributed by atoms with E-state index in [1.807, 2.05) is 13.0 Å². The quantitative estimate of drug-likeness (QED) is 0.799. The molecule has 0 unspecified atom stereocenters. The normalized spacial score (nSPS) is 9.80. The molecule has 0 radical (unpaired) electrons. The monoisotopic (exact) mass is 244 g/mol. The van der Waals surface area contributed by atoms with Gasteiger partial charge in [0.15, 0.2) is 0 Å². The Morgan fingerprint density at radius 3 is 2.80 bits per heavy atom. The molecule has 0 spiro atoms. The summed E-state index contributed by atoms with van der Waals surface area (Å²) in [6, 6.07) is 3.66. The smallest absolute Gasteiger partial charge is 0.143 e. The van der Waals surface area contributed by atoms with Crippen molar-refractivity contribution in [2.24, 2.45) is 5.73 Å². The van der Waals surface area contributed by atoms with Crippen molar-refractivity contribution < 1.29 is 4.74 Å². The number of nitrogens with two attached hydrogens (primary N) is 1. The van der Waals surface area contributed by atoms with Gasteiger partial charge in [0.2, 0.25) is 0 Å². The first-order valence-corrected chi connectivity index (χ1v) is 5.19. The molecule has 1 aromatic rings. The van der Waals surface area contributed by atoms with Gasteiger partial charge in [-0.15, -0.1) is 0 Å². The molecule has 82 valence electrons. The molecule has 0 heterocycles. The summed E-state index contributed by atoms with van der Waals surface area (Å²) in [6.07, 6.45) is 0. The Bertz CT molecular complexity index is 382. The van der Waals surface area contributed by atoms with Crippen LogP contribution in [0.2, 0.25) is 5.02 Å². The van der Waals surface area contributed by atoms with Crippen molar-refractivity contribution in [2.75, 3.05) is 19.0 Å². The number of aryl methyl sites for hydroxylation is 1. The van der Waals surface area contributed by atoms with E-state index in [2.05, 4.69) is 5.32 Å². The first-order valence-electron chi connectivity index (χ1n) is 4.41. The van der Waals surface area contributed by atoms with Crippen LogP contribution in [-0.4, -0.2) is 18.6 Å². The molecule has 3 nitrogen and oxygen atoms in total. The molecule has 5 heteroatoms. The van der Waals surface area contributed by atoms with Crippen LogP contribution in [0.1, 0.15) is 5.56 Å². The zero-order chi connectivity index (χ0) is 11.4. The molecular weight excluding hydrogens is 232 g/mol. The van der Waals surface area contributed by atoms with Crippen molar-refractivity contribution >= 4 is 34.5 Å². The van der Waals surface area contributed by atoms with Crippen LogP contribution in [0.25, 0.3) is 0 Å². The van der Waals surface area contributed by atoms with Gasteiger partial charge in [-0.1, -0.05) is 23.8 Å². The lowest BCUT2D eigenvalue weighted by Gasteiger charge is -2.12. The number of halogens is 1. The summed E-state index contributed by atoms with van der Waals surface area (Å²) in [6.45, 7) is 2.36. The van der Waals surface area contributed by atoms with E-state index in [1.165, 1.54) is 0 Å². The highest BCUT2D eigenvalue weighted by atomic mass is 35.5. The minimum atomic E-state index is 0.407. The van der Waals surface area contributed by atoms with Crippen LogP contribution in [0.15, 0.2) is 12.1 Å². The van der Waals surface area contributed by atoms with Crippen molar-refractivity contribution in [3.63, 3.8) is 0 Å². The third-order valence-electron chi connectivity index (χ3n) is 1.93. The number of hydrogen-bond acceptors (Lipinski definition) is 3. The Morgan fingerprint density at radius 2 is 2.27 bits per heavy atom. The van der Waals surface area contributed by atoms with Gasteiger partial charge in [-0.25, -0.2) is 0 Å². The number of thiocarbonyl (C=S) groups is 1. The summed E-state index contributed by atoms with van der Waals surface area (Å²) in [5.41, 5.74) is 7.22. The average Bonchev–Trinajstić information content (AvgIpc) is 2.19. The minimum absolute atomic E-state index is 0.407. The Kier molecular flexibility index (Phi) is 4.17. The lowest BCUT2D eigenvalue weighted by atomic mass is 10.2. The Labute approximate surface area is 99.6 Å². The van der Waals surface area contributed by atoms with Gasteiger partial charge in [0, 0.05) is 11.1 Å². The van der Waals surface area contributed by atoms with Crippen molar-refractivity contribution in [3.05, 3.63) is 22.7 Å². The number of hydrogen-bond donors (Lipinski definition) is 2. The summed E-state index contributed by atoms with van der Waals surface area (Å²) in [4.78, 5) is 0.407. The van der Waals surface area contributed by atoms with E-state index in [0.717, 1.165) is 11.3 Å². The van der Waals surface area contributed by atoms with E-state index < -0.39 is 0 Å². The van der Waals surface area contributed by atoms with E-state index in [4.69, 9.17) is 34.3 Å². The molecule has 0 saturated carbocycles.